The van der Waals surface area contributed by atoms with Gasteiger partial charge in [0.1, 0.15) is 24.7 Å². The number of ether oxygens (including phenoxy) is 2. The number of hydrogen-bond acceptors (Lipinski definition) is 5. The van der Waals surface area contributed by atoms with Gasteiger partial charge in [0, 0.05) is 44.2 Å². The van der Waals surface area contributed by atoms with E-state index in [0.29, 0.717) is 50.0 Å². The van der Waals surface area contributed by atoms with Crippen LogP contribution in [0.2, 0.25) is 5.02 Å². The number of halogens is 1. The predicted octanol–water partition coefficient (Wildman–Crippen LogP) is 6.26. The fourth-order valence-corrected chi connectivity index (χ4v) is 6.70. The first-order valence-electron chi connectivity index (χ1n) is 15.9. The van der Waals surface area contributed by atoms with E-state index in [4.69, 9.17) is 21.1 Å². The number of carbonyl (C=O) groups is 2. The molecule has 2 aliphatic heterocycles. The number of piperazine rings is 1. The van der Waals surface area contributed by atoms with Crippen molar-refractivity contribution in [3.8, 4) is 11.5 Å². The van der Waals surface area contributed by atoms with Gasteiger partial charge < -0.3 is 24.6 Å². The van der Waals surface area contributed by atoms with Crippen LogP contribution in [-0.4, -0.2) is 66.0 Å². The number of nitrogens with one attached hydrogen (secondary N) is 1. The molecule has 0 aromatic heterocycles. The van der Waals surface area contributed by atoms with Crippen LogP contribution in [0.3, 0.4) is 0 Å². The Balaban J connectivity index is 1.22. The molecular formula is C37H42ClN3O4. The molecule has 2 amide bonds. The third kappa shape index (κ3) is 7.05. The van der Waals surface area contributed by atoms with Crippen molar-refractivity contribution in [1.29, 1.82) is 0 Å². The molecule has 7 nitrogen and oxygen atoms in total. The first-order valence-corrected chi connectivity index (χ1v) is 16.3. The number of amides is 2. The third-order valence-corrected chi connectivity index (χ3v) is 9.59. The Bertz CT molecular complexity index is 1610. The second-order valence-corrected chi connectivity index (χ2v) is 13.0. The average molecular weight is 628 g/mol. The van der Waals surface area contributed by atoms with E-state index in [1.807, 2.05) is 67.3 Å². The summed E-state index contributed by atoms with van der Waals surface area (Å²) < 4.78 is 11.9. The molecule has 3 aliphatic rings. The summed E-state index contributed by atoms with van der Waals surface area (Å²) in [5.41, 5.74) is 7.47. The first kappa shape index (κ1) is 31.2. The van der Waals surface area contributed by atoms with Crippen molar-refractivity contribution in [2.45, 2.75) is 71.6 Å². The van der Waals surface area contributed by atoms with Gasteiger partial charge in [0.05, 0.1) is 11.1 Å². The molecule has 1 aliphatic carbocycles. The van der Waals surface area contributed by atoms with E-state index in [-0.39, 0.29) is 29.9 Å². The molecule has 2 fully saturated rings. The summed E-state index contributed by atoms with van der Waals surface area (Å²) in [5.74, 6) is 1.51. The molecule has 6 rings (SSSR count). The van der Waals surface area contributed by atoms with E-state index >= 15 is 0 Å². The highest BCUT2D eigenvalue weighted by molar-refractivity contribution is 6.32. The van der Waals surface area contributed by atoms with E-state index < -0.39 is 0 Å². The minimum atomic E-state index is -0.215. The summed E-state index contributed by atoms with van der Waals surface area (Å²) in [4.78, 5) is 30.9. The molecule has 45 heavy (non-hydrogen) atoms. The van der Waals surface area contributed by atoms with Crippen molar-refractivity contribution in [2.75, 3.05) is 26.3 Å². The van der Waals surface area contributed by atoms with Gasteiger partial charge in [0.15, 0.2) is 0 Å². The first-order chi connectivity index (χ1) is 21.7. The highest BCUT2D eigenvalue weighted by Gasteiger charge is 2.43. The third-order valence-electron chi connectivity index (χ3n) is 9.29. The van der Waals surface area contributed by atoms with Crippen LogP contribution in [0.1, 0.15) is 54.0 Å². The minimum Gasteiger partial charge on any atom is -0.490 e. The van der Waals surface area contributed by atoms with Crippen LogP contribution in [0.25, 0.3) is 5.57 Å². The number of aryl methyl sites for hydroxylation is 3. The molecule has 2 atom stereocenters. The van der Waals surface area contributed by atoms with Crippen molar-refractivity contribution in [2.24, 2.45) is 0 Å². The van der Waals surface area contributed by atoms with Gasteiger partial charge in [-0.05, 0) is 97.7 Å². The quantitative estimate of drug-likeness (QED) is 0.269. The molecular weight excluding hydrogens is 586 g/mol. The summed E-state index contributed by atoms with van der Waals surface area (Å²) in [7, 11) is 0. The van der Waals surface area contributed by atoms with E-state index in [0.717, 1.165) is 46.4 Å². The van der Waals surface area contributed by atoms with Crippen LogP contribution >= 0.6 is 11.6 Å². The molecule has 1 unspecified atom stereocenters. The summed E-state index contributed by atoms with van der Waals surface area (Å²) in [5, 5.41) is 4.28. The molecule has 3 aromatic carbocycles. The Labute approximate surface area is 271 Å². The fraction of sp³-hybridized carbons (Fsp3) is 0.405. The number of fused-ring (bicyclic) bond motifs is 2. The maximum absolute atomic E-state index is 14.6. The minimum absolute atomic E-state index is 0.0472. The molecule has 2 bridgehead atoms. The van der Waals surface area contributed by atoms with Gasteiger partial charge in [-0.25, -0.2) is 0 Å². The van der Waals surface area contributed by atoms with Crippen LogP contribution < -0.4 is 14.8 Å². The summed E-state index contributed by atoms with van der Waals surface area (Å²) in [6.45, 7) is 10.2. The molecule has 0 spiro atoms. The molecule has 1 saturated carbocycles. The number of nitrogens with zero attached hydrogens (tertiary/aromatic N) is 2. The van der Waals surface area contributed by atoms with Gasteiger partial charge >= 0.3 is 0 Å². The second kappa shape index (κ2) is 13.3. The topological polar surface area (TPSA) is 71.1 Å². The van der Waals surface area contributed by atoms with Gasteiger partial charge in [0.25, 0.3) is 5.91 Å². The normalized spacial score (nSPS) is 19.4. The largest absolute Gasteiger partial charge is 0.490 e. The van der Waals surface area contributed by atoms with Crippen LogP contribution in [0, 0.1) is 20.8 Å². The van der Waals surface area contributed by atoms with E-state index in [1.165, 1.54) is 11.1 Å². The SMILES string of the molecule is CC(=O)N1CC2CC(c3ccc(OCCOc4cc(C)c(C)cc4Cl)cc3)=C(C(=O)N(Cc3ccccc3C)C3CC3)[C@@H](C1)N2. The Kier molecular flexibility index (Phi) is 9.20. The number of rotatable bonds is 10. The Morgan fingerprint density at radius 1 is 0.933 bits per heavy atom. The maximum Gasteiger partial charge on any atom is 0.252 e. The summed E-state index contributed by atoms with van der Waals surface area (Å²) in [6.07, 6.45) is 2.72. The van der Waals surface area contributed by atoms with Gasteiger partial charge in [-0.1, -0.05) is 48.0 Å². The lowest BCUT2D eigenvalue weighted by molar-refractivity contribution is -0.132. The Hall–Kier alpha value is -3.81. The van der Waals surface area contributed by atoms with Gasteiger partial charge in [-0.2, -0.15) is 0 Å². The molecule has 8 heteroatoms. The predicted molar refractivity (Wildman–Crippen MR) is 178 cm³/mol. The average Bonchev–Trinajstić information content (AvgIpc) is 3.86. The number of hydrogen-bond donors (Lipinski definition) is 1. The standard InChI is InChI=1S/C37H42ClN3O4/c1-23-7-5-6-8-28(23)20-41(30-11-12-30)37(43)36-32(19-29-21-40(26(4)42)22-34(36)39-29)27-9-13-31(14-10-27)44-15-16-45-35-18-25(3)24(2)17-33(35)38/h5-10,13-14,17-18,29-30,34,39H,11-12,15-16,19-22H2,1-4H3/t29?,34-/m1/s1. The monoisotopic (exact) mass is 627 g/mol. The zero-order valence-electron chi connectivity index (χ0n) is 26.6. The zero-order chi connectivity index (χ0) is 31.7. The number of benzene rings is 3. The molecule has 1 saturated heterocycles. The summed E-state index contributed by atoms with van der Waals surface area (Å²) >= 11 is 6.35. The van der Waals surface area contributed by atoms with Gasteiger partial charge in [-0.15, -0.1) is 0 Å². The highest BCUT2D eigenvalue weighted by atomic mass is 35.5. The lowest BCUT2D eigenvalue weighted by Crippen LogP contribution is -2.61. The van der Waals surface area contributed by atoms with Crippen molar-refractivity contribution >= 4 is 29.0 Å². The molecule has 236 valence electrons. The molecule has 2 heterocycles. The van der Waals surface area contributed by atoms with Crippen molar-refractivity contribution in [3.63, 3.8) is 0 Å². The van der Waals surface area contributed by atoms with Crippen LogP contribution in [0.4, 0.5) is 0 Å². The summed E-state index contributed by atoms with van der Waals surface area (Å²) in [6, 6.07) is 20.3. The van der Waals surface area contributed by atoms with E-state index in [2.05, 4.69) is 29.3 Å². The van der Waals surface area contributed by atoms with E-state index in [1.54, 1.807) is 6.92 Å². The van der Waals surface area contributed by atoms with Gasteiger partial charge in [-0.3, -0.25) is 9.59 Å². The van der Waals surface area contributed by atoms with Crippen LogP contribution in [0.5, 0.6) is 11.5 Å². The van der Waals surface area contributed by atoms with Crippen molar-refractivity contribution in [1.82, 2.24) is 15.1 Å². The zero-order valence-corrected chi connectivity index (χ0v) is 27.3. The van der Waals surface area contributed by atoms with E-state index in [9.17, 15) is 9.59 Å². The Morgan fingerprint density at radius 2 is 1.64 bits per heavy atom. The Morgan fingerprint density at radius 3 is 2.36 bits per heavy atom. The lowest BCUT2D eigenvalue weighted by atomic mass is 9.82. The lowest BCUT2D eigenvalue weighted by Gasteiger charge is -2.44. The number of carbonyl (C=O) groups excluding carboxylic acids is 2. The van der Waals surface area contributed by atoms with Gasteiger partial charge in [0.2, 0.25) is 5.91 Å². The van der Waals surface area contributed by atoms with Crippen LogP contribution in [0.15, 0.2) is 66.2 Å². The van der Waals surface area contributed by atoms with Crippen LogP contribution in [-0.2, 0) is 16.1 Å². The fourth-order valence-electron chi connectivity index (χ4n) is 6.43. The second-order valence-electron chi connectivity index (χ2n) is 12.6. The molecule has 3 aromatic rings. The van der Waals surface area contributed by atoms with Crippen molar-refractivity contribution < 1.29 is 19.1 Å². The molecule has 1 N–H and O–H groups in total. The highest BCUT2D eigenvalue weighted by Crippen LogP contribution is 2.38. The smallest absolute Gasteiger partial charge is 0.252 e. The molecule has 0 radical (unpaired) electrons. The van der Waals surface area contributed by atoms with Crippen molar-refractivity contribution in [3.05, 3.63) is 99.1 Å². The maximum atomic E-state index is 14.6.